The molecule has 2 aliphatic carbocycles. The molecule has 1 spiro atoms. The van der Waals surface area contributed by atoms with Crippen LogP contribution in [0.2, 0.25) is 0 Å². The zero-order valence-corrected chi connectivity index (χ0v) is 13.7. The molecule has 1 saturated heterocycles. The molecule has 6 heteroatoms. The van der Waals surface area contributed by atoms with Crippen molar-refractivity contribution < 1.29 is 23.8 Å². The fraction of sp³-hybridized carbons (Fsp3) is 0.625. The average molecular weight is 324 g/mol. The van der Waals surface area contributed by atoms with Crippen LogP contribution in [0.25, 0.3) is 0 Å². The molecule has 0 aromatic carbocycles. The van der Waals surface area contributed by atoms with Crippen LogP contribution in [0.3, 0.4) is 0 Å². The summed E-state index contributed by atoms with van der Waals surface area (Å²) in [7, 11) is 2.68. The maximum absolute atomic E-state index is 12.3. The summed E-state index contributed by atoms with van der Waals surface area (Å²) in [5.74, 6) is -0.0217. The second-order valence-corrected chi connectivity index (χ2v) is 6.99. The van der Waals surface area contributed by atoms with E-state index in [-0.39, 0.29) is 10.9 Å². The minimum atomic E-state index is -0.449. The normalized spacial score (nSPS) is 30.8. The van der Waals surface area contributed by atoms with E-state index in [0.29, 0.717) is 17.6 Å². The molecule has 1 saturated carbocycles. The molecule has 3 rings (SSSR count). The summed E-state index contributed by atoms with van der Waals surface area (Å²) in [6.45, 7) is 0.732. The third-order valence-corrected chi connectivity index (χ3v) is 6.00. The van der Waals surface area contributed by atoms with Crippen LogP contribution in [0.5, 0.6) is 0 Å². The van der Waals surface area contributed by atoms with Gasteiger partial charge < -0.3 is 14.2 Å². The molecule has 1 aliphatic heterocycles. The Labute approximate surface area is 134 Å². The van der Waals surface area contributed by atoms with Gasteiger partial charge >= 0.3 is 11.9 Å². The van der Waals surface area contributed by atoms with Crippen LogP contribution < -0.4 is 0 Å². The van der Waals surface area contributed by atoms with Crippen molar-refractivity contribution in [2.75, 3.05) is 26.6 Å². The lowest BCUT2D eigenvalue weighted by molar-refractivity contribution is -0.140. The minimum Gasteiger partial charge on any atom is -0.466 e. The Balaban J connectivity index is 2.02. The summed E-state index contributed by atoms with van der Waals surface area (Å²) in [4.78, 5) is 24.0. The topological polar surface area (TPSA) is 61.8 Å². The maximum Gasteiger partial charge on any atom is 0.334 e. The van der Waals surface area contributed by atoms with Gasteiger partial charge in [0, 0.05) is 11.7 Å². The molecule has 3 aliphatic rings. The molecule has 0 radical (unpaired) electrons. The van der Waals surface area contributed by atoms with Gasteiger partial charge in [-0.05, 0) is 31.3 Å². The zero-order chi connectivity index (χ0) is 15.7. The molecule has 2 atom stereocenters. The van der Waals surface area contributed by atoms with Gasteiger partial charge in [0.05, 0.1) is 32.0 Å². The highest BCUT2D eigenvalue weighted by Crippen LogP contribution is 2.54. The van der Waals surface area contributed by atoms with Crippen molar-refractivity contribution in [1.29, 1.82) is 0 Å². The number of thioether (sulfide) groups is 1. The highest BCUT2D eigenvalue weighted by molar-refractivity contribution is 8.00. The smallest absolute Gasteiger partial charge is 0.334 e. The highest BCUT2D eigenvalue weighted by atomic mass is 32.2. The Morgan fingerprint density at radius 1 is 1.32 bits per heavy atom. The number of allylic oxidation sites excluding steroid dienone is 1. The number of fused-ring (bicyclic) bond motifs is 2. The molecule has 0 amide bonds. The molecular weight excluding hydrogens is 304 g/mol. The van der Waals surface area contributed by atoms with E-state index in [4.69, 9.17) is 14.2 Å². The molecule has 22 heavy (non-hydrogen) atoms. The third kappa shape index (κ3) is 2.38. The Bertz CT molecular complexity index is 557. The maximum atomic E-state index is 12.3. The van der Waals surface area contributed by atoms with E-state index in [1.807, 2.05) is 0 Å². The summed E-state index contributed by atoms with van der Waals surface area (Å²) >= 11 is 1.81. The van der Waals surface area contributed by atoms with Crippen LogP contribution >= 0.6 is 11.8 Å². The van der Waals surface area contributed by atoms with Gasteiger partial charge in [-0.3, -0.25) is 0 Å². The minimum absolute atomic E-state index is 0.102. The van der Waals surface area contributed by atoms with Gasteiger partial charge in [0.2, 0.25) is 0 Å². The van der Waals surface area contributed by atoms with E-state index in [0.717, 1.165) is 37.2 Å². The lowest BCUT2D eigenvalue weighted by Gasteiger charge is -2.42. The van der Waals surface area contributed by atoms with Crippen molar-refractivity contribution in [3.8, 4) is 0 Å². The molecule has 120 valence electrons. The molecule has 1 heterocycles. The molecule has 0 bridgehead atoms. The average Bonchev–Trinajstić information content (AvgIpc) is 3.01. The molecule has 0 aromatic rings. The summed E-state index contributed by atoms with van der Waals surface area (Å²) < 4.78 is 15.8. The first-order valence-corrected chi connectivity index (χ1v) is 8.49. The summed E-state index contributed by atoms with van der Waals surface area (Å²) in [6, 6.07) is 0. The number of esters is 2. The molecule has 0 unspecified atom stereocenters. The van der Waals surface area contributed by atoms with Crippen molar-refractivity contribution in [3.05, 3.63) is 22.8 Å². The quantitative estimate of drug-likeness (QED) is 0.573. The van der Waals surface area contributed by atoms with Crippen LogP contribution in [0.15, 0.2) is 22.8 Å². The fourth-order valence-electron chi connectivity index (χ4n) is 3.69. The van der Waals surface area contributed by atoms with Gasteiger partial charge in [0.15, 0.2) is 0 Å². The third-order valence-electron chi connectivity index (χ3n) is 4.60. The number of ether oxygens (including phenoxy) is 3. The van der Waals surface area contributed by atoms with E-state index >= 15 is 0 Å². The van der Waals surface area contributed by atoms with Crippen molar-refractivity contribution in [1.82, 2.24) is 0 Å². The van der Waals surface area contributed by atoms with Crippen molar-refractivity contribution >= 4 is 23.7 Å². The summed E-state index contributed by atoms with van der Waals surface area (Å²) in [5.41, 5.74) is 2.01. The lowest BCUT2D eigenvalue weighted by Crippen LogP contribution is -2.39. The van der Waals surface area contributed by atoms with E-state index in [9.17, 15) is 9.59 Å². The molecular formula is C16H20O5S. The van der Waals surface area contributed by atoms with Gasteiger partial charge in [-0.2, -0.15) is 0 Å². The first kappa shape index (κ1) is 15.6. The number of methoxy groups -OCH3 is 2. The molecule has 2 fully saturated rings. The van der Waals surface area contributed by atoms with Gasteiger partial charge in [-0.15, -0.1) is 11.8 Å². The first-order valence-electron chi connectivity index (χ1n) is 7.51. The summed E-state index contributed by atoms with van der Waals surface area (Å²) in [5, 5.41) is 0. The zero-order valence-electron chi connectivity index (χ0n) is 12.8. The van der Waals surface area contributed by atoms with Crippen molar-refractivity contribution in [3.63, 3.8) is 0 Å². The summed E-state index contributed by atoms with van der Waals surface area (Å²) in [6.07, 6.45) is 5.21. The van der Waals surface area contributed by atoms with Gasteiger partial charge in [0.1, 0.15) is 4.93 Å². The number of hydrogen-bond donors (Lipinski definition) is 0. The number of hydrogen-bond acceptors (Lipinski definition) is 6. The molecule has 5 nitrogen and oxygen atoms in total. The van der Waals surface area contributed by atoms with Crippen molar-refractivity contribution in [2.24, 2.45) is 5.92 Å². The Morgan fingerprint density at radius 2 is 2.09 bits per heavy atom. The second-order valence-electron chi connectivity index (χ2n) is 5.63. The van der Waals surface area contributed by atoms with E-state index in [1.54, 1.807) is 11.8 Å². The predicted molar refractivity (Wildman–Crippen MR) is 82.2 cm³/mol. The van der Waals surface area contributed by atoms with E-state index in [2.05, 4.69) is 6.08 Å². The lowest BCUT2D eigenvalue weighted by atomic mass is 9.72. The number of carbonyl (C=O) groups is 2. The number of carbonyl (C=O) groups excluding carboxylic acids is 2. The standard InChI is InChI=1S/C16H20O5S/c1-19-14(17)11-5-6-12-10(13(11)15(18)20-2)4-3-7-16(12)21-8-9-22-16/h6,10H,3-5,7-9H2,1-2H3/t10-,16-/m1/s1. The van der Waals surface area contributed by atoms with Gasteiger partial charge in [-0.25, -0.2) is 9.59 Å². The van der Waals surface area contributed by atoms with Crippen molar-refractivity contribution in [2.45, 2.75) is 30.6 Å². The molecule has 0 N–H and O–H groups in total. The van der Waals surface area contributed by atoms with Gasteiger partial charge in [-0.1, -0.05) is 6.08 Å². The highest BCUT2D eigenvalue weighted by Gasteiger charge is 2.49. The van der Waals surface area contributed by atoms with E-state index < -0.39 is 11.9 Å². The second kappa shape index (κ2) is 6.08. The number of rotatable bonds is 2. The van der Waals surface area contributed by atoms with Gasteiger partial charge in [0.25, 0.3) is 0 Å². The predicted octanol–water partition coefficient (Wildman–Crippen LogP) is 2.22. The van der Waals surface area contributed by atoms with Crippen LogP contribution in [-0.2, 0) is 23.8 Å². The Kier molecular flexibility index (Phi) is 4.32. The molecule has 0 aromatic heterocycles. The monoisotopic (exact) mass is 324 g/mol. The van der Waals surface area contributed by atoms with E-state index in [1.165, 1.54) is 14.2 Å². The van der Waals surface area contributed by atoms with Crippen LogP contribution in [-0.4, -0.2) is 43.5 Å². The van der Waals surface area contributed by atoms with Crippen LogP contribution in [0.1, 0.15) is 25.7 Å². The Morgan fingerprint density at radius 3 is 2.73 bits per heavy atom. The van der Waals surface area contributed by atoms with Crippen LogP contribution in [0.4, 0.5) is 0 Å². The first-order chi connectivity index (χ1) is 10.6. The fourth-order valence-corrected chi connectivity index (χ4v) is 5.04. The van der Waals surface area contributed by atoms with Crippen LogP contribution in [0, 0.1) is 5.92 Å². The SMILES string of the molecule is COC(=O)C1=C(C(=O)OC)[C@@H]2CCC[C@]3(OCCS3)C2=CC1. The Hall–Kier alpha value is -1.27. The largest absolute Gasteiger partial charge is 0.466 e.